The van der Waals surface area contributed by atoms with Crippen molar-refractivity contribution in [3.8, 4) is 0 Å². The molecule has 1 rings (SSSR count). The molecule has 0 aromatic rings. The lowest BCUT2D eigenvalue weighted by molar-refractivity contribution is 0.253. The first-order valence-electron chi connectivity index (χ1n) is 4.91. The fraction of sp³-hybridized carbons (Fsp3) is 1.00. The van der Waals surface area contributed by atoms with Crippen LogP contribution in [0.4, 0.5) is 0 Å². The number of rotatable bonds is 4. The van der Waals surface area contributed by atoms with Crippen LogP contribution in [-0.2, 0) is 10.2 Å². The maximum Gasteiger partial charge on any atom is 0.281 e. The van der Waals surface area contributed by atoms with E-state index < -0.39 is 10.2 Å². The first kappa shape index (κ1) is 11.9. The van der Waals surface area contributed by atoms with Crippen LogP contribution in [-0.4, -0.2) is 55.4 Å². The van der Waals surface area contributed by atoms with Gasteiger partial charge in [0.1, 0.15) is 0 Å². The molecule has 0 spiro atoms. The molecule has 14 heavy (non-hydrogen) atoms. The molecular weight excluding hydrogens is 204 g/mol. The highest BCUT2D eigenvalue weighted by Crippen LogP contribution is 2.14. The Hall–Kier alpha value is -0.170. The summed E-state index contributed by atoms with van der Waals surface area (Å²) in [6.45, 7) is 1.25. The molecule has 1 aliphatic heterocycles. The van der Waals surface area contributed by atoms with Crippen LogP contribution in [0.3, 0.4) is 0 Å². The third-order valence-corrected chi connectivity index (χ3v) is 4.44. The van der Waals surface area contributed by atoms with Gasteiger partial charge in [0, 0.05) is 26.7 Å². The van der Waals surface area contributed by atoms with Crippen molar-refractivity contribution in [3.05, 3.63) is 0 Å². The van der Waals surface area contributed by atoms with Crippen LogP contribution in [0.25, 0.3) is 0 Å². The molecule has 5 nitrogen and oxygen atoms in total. The molecule has 1 fully saturated rings. The van der Waals surface area contributed by atoms with E-state index >= 15 is 0 Å². The minimum Gasteiger partial charge on any atom is -0.395 e. The highest BCUT2D eigenvalue weighted by atomic mass is 32.2. The van der Waals surface area contributed by atoms with Gasteiger partial charge in [0.05, 0.1) is 6.61 Å². The Balaban J connectivity index is 2.62. The maximum absolute atomic E-state index is 11.8. The molecule has 1 saturated heterocycles. The predicted octanol–water partition coefficient (Wildman–Crippen LogP) is -0.359. The third kappa shape index (κ3) is 2.66. The van der Waals surface area contributed by atoms with E-state index in [9.17, 15) is 8.42 Å². The zero-order chi connectivity index (χ0) is 10.6. The Labute approximate surface area is 85.5 Å². The lowest BCUT2D eigenvalue weighted by Crippen LogP contribution is -2.45. The van der Waals surface area contributed by atoms with Gasteiger partial charge in [0.15, 0.2) is 0 Å². The van der Waals surface area contributed by atoms with Crippen molar-refractivity contribution in [2.24, 2.45) is 0 Å². The fourth-order valence-corrected chi connectivity index (χ4v) is 2.98. The van der Waals surface area contributed by atoms with Gasteiger partial charge in [-0.2, -0.15) is 17.0 Å². The molecular formula is C8H18N2O3S. The van der Waals surface area contributed by atoms with E-state index in [0.717, 1.165) is 19.3 Å². The zero-order valence-electron chi connectivity index (χ0n) is 8.52. The first-order chi connectivity index (χ1) is 6.59. The summed E-state index contributed by atoms with van der Waals surface area (Å²) in [6, 6.07) is 0. The molecule has 6 heteroatoms. The Morgan fingerprint density at radius 3 is 2.36 bits per heavy atom. The highest BCUT2D eigenvalue weighted by molar-refractivity contribution is 7.86. The minimum atomic E-state index is -3.32. The van der Waals surface area contributed by atoms with Crippen molar-refractivity contribution in [2.75, 3.05) is 33.3 Å². The second-order valence-electron chi connectivity index (χ2n) is 3.51. The smallest absolute Gasteiger partial charge is 0.281 e. The average Bonchev–Trinajstić information content (AvgIpc) is 2.19. The van der Waals surface area contributed by atoms with Gasteiger partial charge < -0.3 is 5.11 Å². The molecule has 0 saturated carbocycles. The first-order valence-corrected chi connectivity index (χ1v) is 6.31. The summed E-state index contributed by atoms with van der Waals surface area (Å²) in [5, 5.41) is 8.67. The molecule has 0 radical (unpaired) electrons. The summed E-state index contributed by atoms with van der Waals surface area (Å²) in [7, 11) is -1.82. The van der Waals surface area contributed by atoms with E-state index in [4.69, 9.17) is 5.11 Å². The average molecular weight is 222 g/mol. The fourth-order valence-electron chi connectivity index (χ4n) is 1.55. The molecule has 0 atom stereocenters. The number of nitrogens with zero attached hydrogens (tertiary/aromatic N) is 2. The number of hydrogen-bond acceptors (Lipinski definition) is 3. The van der Waals surface area contributed by atoms with Gasteiger partial charge in [-0.25, -0.2) is 0 Å². The summed E-state index contributed by atoms with van der Waals surface area (Å²) in [4.78, 5) is 0. The quantitative estimate of drug-likeness (QED) is 0.706. The van der Waals surface area contributed by atoms with Crippen molar-refractivity contribution in [3.63, 3.8) is 0 Å². The highest BCUT2D eigenvalue weighted by Gasteiger charge is 2.27. The van der Waals surface area contributed by atoms with Crippen LogP contribution in [0.2, 0.25) is 0 Å². The van der Waals surface area contributed by atoms with Gasteiger partial charge in [-0.15, -0.1) is 0 Å². The number of hydrogen-bond donors (Lipinski definition) is 1. The molecule has 0 aromatic heterocycles. The molecule has 0 unspecified atom stereocenters. The molecule has 0 amide bonds. The van der Waals surface area contributed by atoms with Crippen molar-refractivity contribution < 1.29 is 13.5 Å². The second kappa shape index (κ2) is 5.06. The van der Waals surface area contributed by atoms with Crippen LogP contribution in [0, 0.1) is 0 Å². The Morgan fingerprint density at radius 2 is 1.86 bits per heavy atom. The minimum absolute atomic E-state index is 0.135. The molecule has 0 aromatic carbocycles. The van der Waals surface area contributed by atoms with Crippen LogP contribution >= 0.6 is 0 Å². The van der Waals surface area contributed by atoms with Crippen molar-refractivity contribution in [1.29, 1.82) is 0 Å². The van der Waals surface area contributed by atoms with Crippen LogP contribution in [0.5, 0.6) is 0 Å². The van der Waals surface area contributed by atoms with E-state index in [1.54, 1.807) is 0 Å². The molecule has 1 heterocycles. The van der Waals surface area contributed by atoms with E-state index in [-0.39, 0.29) is 13.2 Å². The number of aliphatic hydroxyl groups excluding tert-OH is 1. The van der Waals surface area contributed by atoms with Gasteiger partial charge in [-0.05, 0) is 12.8 Å². The Bertz CT molecular complexity index is 260. The molecule has 1 N–H and O–H groups in total. The van der Waals surface area contributed by atoms with Crippen LogP contribution < -0.4 is 0 Å². The number of likely N-dealkylation sites (N-methyl/N-ethyl adjacent to an activating group) is 1. The molecule has 0 bridgehead atoms. The zero-order valence-corrected chi connectivity index (χ0v) is 9.33. The summed E-state index contributed by atoms with van der Waals surface area (Å²) in [6.07, 6.45) is 2.98. The third-order valence-electron chi connectivity index (χ3n) is 2.45. The molecule has 0 aliphatic carbocycles. The van der Waals surface area contributed by atoms with E-state index in [1.165, 1.54) is 15.7 Å². The van der Waals surface area contributed by atoms with E-state index in [2.05, 4.69) is 0 Å². The Kier molecular flexibility index (Phi) is 4.31. The monoisotopic (exact) mass is 222 g/mol. The van der Waals surface area contributed by atoms with Crippen LogP contribution in [0.15, 0.2) is 0 Å². The van der Waals surface area contributed by atoms with E-state index in [0.29, 0.717) is 13.1 Å². The topological polar surface area (TPSA) is 60.9 Å². The van der Waals surface area contributed by atoms with Crippen molar-refractivity contribution >= 4 is 10.2 Å². The SMILES string of the molecule is CN(CCO)S(=O)(=O)N1CCCCC1. The summed E-state index contributed by atoms with van der Waals surface area (Å²) in [5.74, 6) is 0. The van der Waals surface area contributed by atoms with Gasteiger partial charge >= 0.3 is 0 Å². The lowest BCUT2D eigenvalue weighted by atomic mass is 10.2. The summed E-state index contributed by atoms with van der Waals surface area (Å²) >= 11 is 0. The van der Waals surface area contributed by atoms with Gasteiger partial charge in [-0.3, -0.25) is 0 Å². The van der Waals surface area contributed by atoms with E-state index in [1.807, 2.05) is 0 Å². The lowest BCUT2D eigenvalue weighted by Gasteiger charge is -2.29. The van der Waals surface area contributed by atoms with Gasteiger partial charge in [0.25, 0.3) is 10.2 Å². The predicted molar refractivity (Wildman–Crippen MR) is 54.1 cm³/mol. The standard InChI is InChI=1S/C8H18N2O3S/c1-9(7-8-11)14(12,13)10-5-3-2-4-6-10/h11H,2-8H2,1H3. The van der Waals surface area contributed by atoms with Gasteiger partial charge in [0.2, 0.25) is 0 Å². The van der Waals surface area contributed by atoms with Crippen LogP contribution in [0.1, 0.15) is 19.3 Å². The number of piperidine rings is 1. The molecule has 84 valence electrons. The van der Waals surface area contributed by atoms with Gasteiger partial charge in [-0.1, -0.05) is 6.42 Å². The summed E-state index contributed by atoms with van der Waals surface area (Å²) in [5.41, 5.74) is 0. The normalized spacial score (nSPS) is 20.2. The second-order valence-corrected chi connectivity index (χ2v) is 5.55. The largest absolute Gasteiger partial charge is 0.395 e. The summed E-state index contributed by atoms with van der Waals surface area (Å²) < 4.78 is 26.3. The Morgan fingerprint density at radius 1 is 1.29 bits per heavy atom. The maximum atomic E-state index is 11.8. The molecule has 1 aliphatic rings. The van der Waals surface area contributed by atoms with Crippen molar-refractivity contribution in [2.45, 2.75) is 19.3 Å². The van der Waals surface area contributed by atoms with Crippen molar-refractivity contribution in [1.82, 2.24) is 8.61 Å². The number of aliphatic hydroxyl groups is 1.